The summed E-state index contributed by atoms with van der Waals surface area (Å²) in [6.45, 7) is 1.08. The summed E-state index contributed by atoms with van der Waals surface area (Å²) < 4.78 is 18.3. The molecule has 2 aromatic rings. The van der Waals surface area contributed by atoms with Gasteiger partial charge in [-0.15, -0.1) is 0 Å². The monoisotopic (exact) mass is 438 g/mol. The molecule has 2 fully saturated rings. The molecule has 0 bridgehead atoms. The van der Waals surface area contributed by atoms with Crippen molar-refractivity contribution in [2.75, 3.05) is 26.2 Å². The molecular weight excluding hydrogens is 411 g/mol. The number of carbonyl (C=O) groups is 3. The number of nitrogens with zero attached hydrogens (tertiary/aromatic N) is 1. The van der Waals surface area contributed by atoms with Gasteiger partial charge >= 0.3 is 5.97 Å². The van der Waals surface area contributed by atoms with E-state index in [1.165, 1.54) is 29.8 Å². The third-order valence-corrected chi connectivity index (χ3v) is 6.42. The van der Waals surface area contributed by atoms with Crippen molar-refractivity contribution < 1.29 is 23.5 Å². The first kappa shape index (κ1) is 22.0. The molecule has 1 saturated carbocycles. The van der Waals surface area contributed by atoms with Crippen molar-refractivity contribution in [2.45, 2.75) is 31.1 Å². The van der Waals surface area contributed by atoms with Gasteiger partial charge in [0, 0.05) is 30.6 Å². The van der Waals surface area contributed by atoms with E-state index in [0.717, 1.165) is 12.8 Å². The van der Waals surface area contributed by atoms with Crippen molar-refractivity contribution in [3.05, 3.63) is 71.5 Å². The van der Waals surface area contributed by atoms with E-state index in [1.807, 2.05) is 18.2 Å². The van der Waals surface area contributed by atoms with Crippen LogP contribution >= 0.6 is 0 Å². The van der Waals surface area contributed by atoms with Crippen LogP contribution in [-0.2, 0) is 19.7 Å². The Morgan fingerprint density at radius 1 is 1.00 bits per heavy atom. The summed E-state index contributed by atoms with van der Waals surface area (Å²) in [5.74, 6) is -1.61. The van der Waals surface area contributed by atoms with E-state index in [9.17, 15) is 18.8 Å². The van der Waals surface area contributed by atoms with Crippen molar-refractivity contribution >= 4 is 17.8 Å². The van der Waals surface area contributed by atoms with E-state index in [-0.39, 0.29) is 35.6 Å². The number of likely N-dealkylation sites (tertiary alicyclic amines) is 1. The second-order valence-corrected chi connectivity index (χ2v) is 8.60. The van der Waals surface area contributed by atoms with Gasteiger partial charge < -0.3 is 15.0 Å². The van der Waals surface area contributed by atoms with Gasteiger partial charge in [0.2, 0.25) is 0 Å². The van der Waals surface area contributed by atoms with Gasteiger partial charge in [0.1, 0.15) is 5.82 Å². The lowest BCUT2D eigenvalue weighted by Crippen LogP contribution is -2.41. The fourth-order valence-electron chi connectivity index (χ4n) is 4.18. The SMILES string of the molecule is O=C(COC(=O)C1CCN(C(=O)c2ccc(F)cc2)CC1)NCC1(c2ccccc2)CC1. The van der Waals surface area contributed by atoms with Crippen LogP contribution in [0.4, 0.5) is 4.39 Å². The van der Waals surface area contributed by atoms with Crippen LogP contribution in [0.3, 0.4) is 0 Å². The molecule has 1 N–H and O–H groups in total. The van der Waals surface area contributed by atoms with E-state index in [0.29, 0.717) is 38.0 Å². The molecule has 0 radical (unpaired) electrons. The van der Waals surface area contributed by atoms with Gasteiger partial charge in [0.15, 0.2) is 6.61 Å². The molecule has 6 nitrogen and oxygen atoms in total. The minimum atomic E-state index is -0.404. The number of carbonyl (C=O) groups excluding carboxylic acids is 3. The highest BCUT2D eigenvalue weighted by Gasteiger charge is 2.44. The Kier molecular flexibility index (Phi) is 6.53. The maximum Gasteiger partial charge on any atom is 0.309 e. The maximum absolute atomic E-state index is 13.0. The van der Waals surface area contributed by atoms with Gasteiger partial charge in [-0.1, -0.05) is 30.3 Å². The first-order valence-corrected chi connectivity index (χ1v) is 11.0. The molecule has 32 heavy (non-hydrogen) atoms. The molecule has 2 aliphatic rings. The van der Waals surface area contributed by atoms with Crippen molar-refractivity contribution in [3.63, 3.8) is 0 Å². The molecular formula is C25H27FN2O4. The molecule has 4 rings (SSSR count). The lowest BCUT2D eigenvalue weighted by atomic mass is 9.96. The van der Waals surface area contributed by atoms with E-state index in [4.69, 9.17) is 4.74 Å². The molecule has 0 spiro atoms. The van der Waals surface area contributed by atoms with Crippen molar-refractivity contribution in [1.29, 1.82) is 0 Å². The van der Waals surface area contributed by atoms with Gasteiger partial charge in [0.05, 0.1) is 5.92 Å². The fourth-order valence-corrected chi connectivity index (χ4v) is 4.18. The number of nitrogens with one attached hydrogen (secondary N) is 1. The van der Waals surface area contributed by atoms with E-state index >= 15 is 0 Å². The Morgan fingerprint density at radius 2 is 1.66 bits per heavy atom. The number of benzene rings is 2. The van der Waals surface area contributed by atoms with Crippen LogP contribution < -0.4 is 5.32 Å². The van der Waals surface area contributed by atoms with Crippen LogP contribution in [0.2, 0.25) is 0 Å². The Labute approximate surface area is 186 Å². The van der Waals surface area contributed by atoms with Crippen molar-refractivity contribution in [1.82, 2.24) is 10.2 Å². The quantitative estimate of drug-likeness (QED) is 0.675. The van der Waals surface area contributed by atoms with Gasteiger partial charge in [-0.05, 0) is 55.5 Å². The minimum Gasteiger partial charge on any atom is -0.455 e. The smallest absolute Gasteiger partial charge is 0.309 e. The Morgan fingerprint density at radius 3 is 2.28 bits per heavy atom. The lowest BCUT2D eigenvalue weighted by molar-refractivity contribution is -0.153. The first-order chi connectivity index (χ1) is 15.5. The molecule has 1 aliphatic heterocycles. The number of rotatable bonds is 7. The van der Waals surface area contributed by atoms with Crippen molar-refractivity contribution in [3.8, 4) is 0 Å². The molecule has 1 aliphatic carbocycles. The summed E-state index contributed by atoms with van der Waals surface area (Å²) in [6.07, 6.45) is 3.02. The third-order valence-electron chi connectivity index (χ3n) is 6.42. The summed E-state index contributed by atoms with van der Waals surface area (Å²) in [4.78, 5) is 38.7. The highest BCUT2D eigenvalue weighted by molar-refractivity contribution is 5.94. The molecule has 0 atom stereocenters. The van der Waals surface area contributed by atoms with Gasteiger partial charge in [-0.2, -0.15) is 0 Å². The highest BCUT2D eigenvalue weighted by Crippen LogP contribution is 2.47. The molecule has 0 unspecified atom stereocenters. The second-order valence-electron chi connectivity index (χ2n) is 8.60. The number of piperidine rings is 1. The van der Waals surface area contributed by atoms with Crippen LogP contribution in [0.1, 0.15) is 41.6 Å². The Balaban J connectivity index is 1.18. The number of amides is 2. The van der Waals surface area contributed by atoms with Gasteiger partial charge in [-0.25, -0.2) is 4.39 Å². The summed E-state index contributed by atoms with van der Waals surface area (Å²) in [6, 6.07) is 15.6. The molecule has 0 aromatic heterocycles. The summed E-state index contributed by atoms with van der Waals surface area (Å²) in [7, 11) is 0. The topological polar surface area (TPSA) is 75.7 Å². The fraction of sp³-hybridized carbons (Fsp3) is 0.400. The molecule has 2 aromatic carbocycles. The van der Waals surface area contributed by atoms with Gasteiger partial charge in [0.25, 0.3) is 11.8 Å². The number of hydrogen-bond donors (Lipinski definition) is 1. The predicted molar refractivity (Wildman–Crippen MR) is 116 cm³/mol. The van der Waals surface area contributed by atoms with E-state index in [1.54, 1.807) is 4.90 Å². The summed E-state index contributed by atoms with van der Waals surface area (Å²) in [5.41, 5.74) is 1.65. The van der Waals surface area contributed by atoms with E-state index < -0.39 is 5.97 Å². The average molecular weight is 438 g/mol. The maximum atomic E-state index is 13.0. The molecule has 7 heteroatoms. The predicted octanol–water partition coefficient (Wildman–Crippen LogP) is 3.07. The molecule has 1 heterocycles. The van der Waals surface area contributed by atoms with Crippen LogP contribution in [0.15, 0.2) is 54.6 Å². The number of ether oxygens (including phenoxy) is 1. The van der Waals surface area contributed by atoms with Crippen molar-refractivity contribution in [2.24, 2.45) is 5.92 Å². The number of esters is 1. The summed E-state index contributed by atoms with van der Waals surface area (Å²) >= 11 is 0. The van der Waals surface area contributed by atoms with Gasteiger partial charge in [-0.3, -0.25) is 14.4 Å². The molecule has 1 saturated heterocycles. The zero-order valence-corrected chi connectivity index (χ0v) is 17.9. The standard InChI is InChI=1S/C25H27FN2O4/c26-21-8-6-18(7-9-21)23(30)28-14-10-19(11-15-28)24(31)32-16-22(29)27-17-25(12-13-25)20-4-2-1-3-5-20/h1-9,19H,10-17H2,(H,27,29). The Bertz CT molecular complexity index is 965. The van der Waals surface area contributed by atoms with E-state index in [2.05, 4.69) is 17.4 Å². The third kappa shape index (κ3) is 5.15. The van der Waals surface area contributed by atoms with Crippen LogP contribution in [0.25, 0.3) is 0 Å². The zero-order chi connectivity index (χ0) is 22.6. The number of hydrogen-bond acceptors (Lipinski definition) is 4. The molecule has 2 amide bonds. The summed E-state index contributed by atoms with van der Waals surface area (Å²) in [5, 5.41) is 2.89. The largest absolute Gasteiger partial charge is 0.455 e. The Hall–Kier alpha value is -3.22. The number of halogens is 1. The minimum absolute atomic E-state index is 0.00478. The highest BCUT2D eigenvalue weighted by atomic mass is 19.1. The van der Waals surface area contributed by atoms with Crippen LogP contribution in [0.5, 0.6) is 0 Å². The lowest BCUT2D eigenvalue weighted by Gasteiger charge is -2.31. The normalized spacial score (nSPS) is 17.5. The van der Waals surface area contributed by atoms with Crippen LogP contribution in [-0.4, -0.2) is 48.9 Å². The second kappa shape index (κ2) is 9.51. The average Bonchev–Trinajstić information content (AvgIpc) is 3.63. The van der Waals surface area contributed by atoms with Crippen LogP contribution in [0, 0.1) is 11.7 Å². The molecule has 168 valence electrons. The first-order valence-electron chi connectivity index (χ1n) is 11.0. The zero-order valence-electron chi connectivity index (χ0n) is 17.9.